The van der Waals surface area contributed by atoms with E-state index in [1.54, 1.807) is 4.90 Å². The largest absolute Gasteiger partial charge is 0.444 e. The fourth-order valence-electron chi connectivity index (χ4n) is 2.95. The highest BCUT2D eigenvalue weighted by molar-refractivity contribution is 6.83. The number of benzene rings is 1. The molecule has 0 atom stereocenters. The molecule has 1 heterocycles. The van der Waals surface area contributed by atoms with Crippen LogP contribution in [0.3, 0.4) is 0 Å². The van der Waals surface area contributed by atoms with E-state index in [9.17, 15) is 9.90 Å². The molecule has 0 aromatic heterocycles. The predicted octanol–water partition coefficient (Wildman–Crippen LogP) is 4.22. The van der Waals surface area contributed by atoms with Crippen molar-refractivity contribution in [3.63, 3.8) is 0 Å². The first kappa shape index (κ1) is 21.5. The molecule has 0 saturated carbocycles. The molecule has 0 spiro atoms. The third-order valence-electron chi connectivity index (χ3n) is 4.41. The lowest BCUT2D eigenvalue weighted by molar-refractivity contribution is -0.0315. The van der Waals surface area contributed by atoms with Gasteiger partial charge in [-0.15, -0.1) is 5.54 Å². The Kier molecular flexibility index (Phi) is 6.44. The molecule has 0 unspecified atom stereocenters. The molecule has 0 bridgehead atoms. The van der Waals surface area contributed by atoms with Crippen LogP contribution in [0.15, 0.2) is 24.3 Å². The molecule has 4 nitrogen and oxygen atoms in total. The molecule has 1 aromatic carbocycles. The minimum absolute atomic E-state index is 0.296. The lowest BCUT2D eigenvalue weighted by Gasteiger charge is -2.38. The molecular weight excluding hydrogens is 354 g/mol. The van der Waals surface area contributed by atoms with Crippen molar-refractivity contribution in [1.29, 1.82) is 0 Å². The molecule has 0 radical (unpaired) electrons. The van der Waals surface area contributed by atoms with E-state index in [1.165, 1.54) is 0 Å². The number of aliphatic hydroxyl groups is 1. The van der Waals surface area contributed by atoms with E-state index in [0.717, 1.165) is 11.1 Å². The summed E-state index contributed by atoms with van der Waals surface area (Å²) in [5, 5.41) is 10.9. The highest BCUT2D eigenvalue weighted by Gasteiger charge is 2.35. The van der Waals surface area contributed by atoms with E-state index in [4.69, 9.17) is 4.74 Å². The van der Waals surface area contributed by atoms with Crippen LogP contribution in [0.4, 0.5) is 4.79 Å². The van der Waals surface area contributed by atoms with Gasteiger partial charge in [-0.2, -0.15) is 0 Å². The average Bonchev–Trinajstić information content (AvgIpc) is 2.52. The van der Waals surface area contributed by atoms with Crippen LogP contribution in [-0.4, -0.2) is 48.5 Å². The zero-order valence-electron chi connectivity index (χ0n) is 17.6. The van der Waals surface area contributed by atoms with Crippen molar-refractivity contribution in [2.45, 2.75) is 70.9 Å². The molecule has 5 heteroatoms. The highest BCUT2D eigenvalue weighted by atomic mass is 28.3. The Hall–Kier alpha value is -1.77. The molecule has 1 aliphatic heterocycles. The zero-order chi connectivity index (χ0) is 20.3. The Bertz CT molecular complexity index is 709. The summed E-state index contributed by atoms with van der Waals surface area (Å²) >= 11 is 0. The number of rotatable bonds is 2. The zero-order valence-corrected chi connectivity index (χ0v) is 18.6. The third-order valence-corrected chi connectivity index (χ3v) is 5.29. The van der Waals surface area contributed by atoms with Gasteiger partial charge in [0.25, 0.3) is 0 Å². The van der Waals surface area contributed by atoms with E-state index in [-0.39, 0.29) is 6.09 Å². The molecule has 1 aliphatic rings. The number of carbonyl (C=O) groups is 1. The summed E-state index contributed by atoms with van der Waals surface area (Å²) in [6.07, 6.45) is 1.42. The summed E-state index contributed by atoms with van der Waals surface area (Å²) in [5.74, 6) is 3.25. The Labute approximate surface area is 164 Å². The summed E-state index contributed by atoms with van der Waals surface area (Å²) in [6, 6.07) is 8.15. The maximum Gasteiger partial charge on any atom is 0.410 e. The van der Waals surface area contributed by atoms with E-state index in [0.29, 0.717) is 32.4 Å². The predicted molar refractivity (Wildman–Crippen MR) is 112 cm³/mol. The van der Waals surface area contributed by atoms with Crippen LogP contribution in [0.5, 0.6) is 0 Å². The minimum atomic E-state index is -1.38. The van der Waals surface area contributed by atoms with E-state index >= 15 is 0 Å². The summed E-state index contributed by atoms with van der Waals surface area (Å²) in [6.45, 7) is 13.3. The molecule has 1 fully saturated rings. The molecular formula is C22H33NO3Si. The Balaban J connectivity index is 1.92. The number of hydrogen-bond donors (Lipinski definition) is 1. The van der Waals surface area contributed by atoms with E-state index in [2.05, 4.69) is 31.1 Å². The van der Waals surface area contributed by atoms with Crippen molar-refractivity contribution >= 4 is 14.2 Å². The van der Waals surface area contributed by atoms with Gasteiger partial charge in [-0.3, -0.25) is 0 Å². The molecule has 2 rings (SSSR count). The fourth-order valence-corrected chi connectivity index (χ4v) is 3.47. The first-order chi connectivity index (χ1) is 12.4. The van der Waals surface area contributed by atoms with E-state index < -0.39 is 19.3 Å². The molecule has 148 valence electrons. The van der Waals surface area contributed by atoms with Gasteiger partial charge >= 0.3 is 6.09 Å². The van der Waals surface area contributed by atoms with Crippen LogP contribution in [0.25, 0.3) is 0 Å². The van der Waals surface area contributed by atoms with Crippen LogP contribution >= 0.6 is 0 Å². The summed E-state index contributed by atoms with van der Waals surface area (Å²) in [4.78, 5) is 13.9. The minimum Gasteiger partial charge on any atom is -0.444 e. The summed E-state index contributed by atoms with van der Waals surface area (Å²) in [7, 11) is -1.38. The second-order valence-electron chi connectivity index (χ2n) is 9.57. The maximum atomic E-state index is 12.2. The van der Waals surface area contributed by atoms with Crippen LogP contribution in [-0.2, 0) is 11.2 Å². The van der Waals surface area contributed by atoms with Crippen LogP contribution in [0.2, 0.25) is 19.6 Å². The summed E-state index contributed by atoms with van der Waals surface area (Å²) in [5.41, 5.74) is 4.22. The second-order valence-corrected chi connectivity index (χ2v) is 14.3. The Morgan fingerprint density at radius 3 is 2.22 bits per heavy atom. The fraction of sp³-hybridized carbons (Fsp3) is 0.591. The van der Waals surface area contributed by atoms with Gasteiger partial charge < -0.3 is 14.7 Å². The van der Waals surface area contributed by atoms with Crippen LogP contribution in [0.1, 0.15) is 44.7 Å². The molecule has 27 heavy (non-hydrogen) atoms. The van der Waals surface area contributed by atoms with Crippen molar-refractivity contribution in [3.8, 4) is 11.5 Å². The monoisotopic (exact) mass is 387 g/mol. The van der Waals surface area contributed by atoms with Gasteiger partial charge in [-0.05, 0) is 51.3 Å². The highest BCUT2D eigenvalue weighted by Crippen LogP contribution is 2.27. The first-order valence-corrected chi connectivity index (χ1v) is 13.2. The van der Waals surface area contributed by atoms with Gasteiger partial charge in [-0.1, -0.05) is 37.7 Å². The van der Waals surface area contributed by atoms with Crippen molar-refractivity contribution in [2.24, 2.45) is 0 Å². The third kappa shape index (κ3) is 7.40. The normalized spacial score (nSPS) is 17.1. The van der Waals surface area contributed by atoms with Crippen molar-refractivity contribution in [3.05, 3.63) is 35.4 Å². The van der Waals surface area contributed by atoms with Gasteiger partial charge in [-0.25, -0.2) is 4.79 Å². The molecule has 0 aliphatic carbocycles. The van der Waals surface area contributed by atoms with Gasteiger partial charge in [0, 0.05) is 25.1 Å². The average molecular weight is 388 g/mol. The molecule has 1 aromatic rings. The lowest BCUT2D eigenvalue weighted by Crippen LogP contribution is -2.49. The van der Waals surface area contributed by atoms with Crippen molar-refractivity contribution in [2.75, 3.05) is 13.1 Å². The van der Waals surface area contributed by atoms with Gasteiger partial charge in [0.1, 0.15) is 13.7 Å². The number of ether oxygens (including phenoxy) is 1. The van der Waals surface area contributed by atoms with E-state index in [1.807, 2.05) is 45.0 Å². The molecule has 1 amide bonds. The SMILES string of the molecule is CC(C)(C)OC(=O)N1CCC(O)(Cc2ccc(C#C[Si](C)(C)C)cc2)CC1. The summed E-state index contributed by atoms with van der Waals surface area (Å²) < 4.78 is 5.42. The smallest absolute Gasteiger partial charge is 0.410 e. The number of hydrogen-bond acceptors (Lipinski definition) is 3. The van der Waals surface area contributed by atoms with Crippen molar-refractivity contribution < 1.29 is 14.6 Å². The molecule has 1 N–H and O–H groups in total. The number of likely N-dealkylation sites (tertiary alicyclic amines) is 1. The van der Waals surface area contributed by atoms with Crippen LogP contribution < -0.4 is 0 Å². The van der Waals surface area contributed by atoms with Gasteiger partial charge in [0.15, 0.2) is 0 Å². The number of piperidine rings is 1. The topological polar surface area (TPSA) is 49.8 Å². The maximum absolute atomic E-state index is 12.2. The number of amides is 1. The quantitative estimate of drug-likeness (QED) is 0.610. The standard InChI is InChI=1S/C22H33NO3Si/c1-21(2,3)26-20(24)23-14-12-22(25,13-15-23)17-19-9-7-18(8-10-19)11-16-27(4,5)6/h7-10,25H,12-15,17H2,1-6H3. The number of carbonyl (C=O) groups excluding carboxylic acids is 1. The lowest BCUT2D eigenvalue weighted by atomic mass is 9.85. The van der Waals surface area contributed by atoms with Gasteiger partial charge in [0.2, 0.25) is 0 Å². The van der Waals surface area contributed by atoms with Crippen molar-refractivity contribution in [1.82, 2.24) is 4.90 Å². The Morgan fingerprint density at radius 2 is 1.74 bits per heavy atom. The molecule has 1 saturated heterocycles. The second kappa shape index (κ2) is 8.08. The number of nitrogens with zero attached hydrogens (tertiary/aromatic N) is 1. The van der Waals surface area contributed by atoms with Gasteiger partial charge in [0.05, 0.1) is 5.60 Å². The first-order valence-electron chi connectivity index (χ1n) is 9.68. The Morgan fingerprint density at radius 1 is 1.19 bits per heavy atom. The van der Waals surface area contributed by atoms with Crippen LogP contribution in [0, 0.1) is 11.5 Å².